The molecular weight excluding hydrogens is 370 g/mol. The number of alkyl halides is 2. The molecule has 0 aliphatic heterocycles. The van der Waals surface area contributed by atoms with Crippen LogP contribution in [0.1, 0.15) is 0 Å². The van der Waals surface area contributed by atoms with Crippen molar-refractivity contribution in [3.63, 3.8) is 0 Å². The molecule has 0 amide bonds. The Labute approximate surface area is 153 Å². The van der Waals surface area contributed by atoms with Crippen LogP contribution in [-0.4, -0.2) is 37.2 Å². The summed E-state index contributed by atoms with van der Waals surface area (Å²) in [5, 5.41) is 3.61. The molecule has 0 radical (unpaired) electrons. The maximum Gasteiger partial charge on any atom is 0.387 e. The molecule has 0 unspecified atom stereocenters. The lowest BCUT2D eigenvalue weighted by atomic mass is 10.3. The predicted molar refractivity (Wildman–Crippen MR) is 94.1 cm³/mol. The van der Waals surface area contributed by atoms with Crippen LogP contribution in [0.2, 0.25) is 5.02 Å². The number of aliphatic imine (C=N–C) groups is 1. The molecule has 26 heavy (non-hydrogen) atoms. The van der Waals surface area contributed by atoms with Crippen LogP contribution in [0.25, 0.3) is 0 Å². The Morgan fingerprint density at radius 2 is 2.12 bits per heavy atom. The third-order valence-corrected chi connectivity index (χ3v) is 3.31. The summed E-state index contributed by atoms with van der Waals surface area (Å²) in [4.78, 5) is 8.03. The van der Waals surface area contributed by atoms with Crippen LogP contribution in [0, 0.1) is 0 Å². The molecule has 10 heteroatoms. The van der Waals surface area contributed by atoms with Gasteiger partial charge in [0.25, 0.3) is 0 Å². The molecule has 0 fully saturated rings. The Morgan fingerprint density at radius 3 is 2.81 bits per heavy atom. The molecular formula is C16H15ClF2N4O3. The number of hydrazone groups is 1. The molecule has 2 rings (SSSR count). The highest BCUT2D eigenvalue weighted by molar-refractivity contribution is 6.32. The predicted octanol–water partition coefficient (Wildman–Crippen LogP) is 3.44. The molecule has 0 spiro atoms. The highest BCUT2D eigenvalue weighted by Crippen LogP contribution is 2.30. The number of rotatable bonds is 8. The minimum Gasteiger partial charge on any atom is -0.493 e. The van der Waals surface area contributed by atoms with Crippen LogP contribution in [0.4, 0.5) is 14.5 Å². The minimum absolute atomic E-state index is 0.00393. The van der Waals surface area contributed by atoms with E-state index < -0.39 is 6.61 Å². The fraction of sp³-hybridized carbons (Fsp3) is 0.188. The first kappa shape index (κ1) is 19.4. The maximum absolute atomic E-state index is 12.3. The van der Waals surface area contributed by atoms with Crippen molar-refractivity contribution in [2.45, 2.75) is 6.61 Å². The maximum atomic E-state index is 12.3. The zero-order valence-electron chi connectivity index (χ0n) is 13.6. The SMILES string of the molecule is COc1ccncc1OCC(C=Nc1ccc(Cl)c(OC(F)F)c1)=NN. The molecule has 1 heterocycles. The van der Waals surface area contributed by atoms with Crippen molar-refractivity contribution in [1.29, 1.82) is 0 Å². The number of nitrogens with zero attached hydrogens (tertiary/aromatic N) is 3. The molecule has 0 aliphatic carbocycles. The van der Waals surface area contributed by atoms with Gasteiger partial charge in [0.2, 0.25) is 0 Å². The first-order valence-corrected chi connectivity index (χ1v) is 7.57. The summed E-state index contributed by atoms with van der Waals surface area (Å²) < 4.78 is 39.7. The summed E-state index contributed by atoms with van der Waals surface area (Å²) in [6.45, 7) is -2.99. The molecule has 1 aromatic heterocycles. The number of aromatic nitrogens is 1. The van der Waals surface area contributed by atoms with E-state index in [0.29, 0.717) is 22.9 Å². The number of hydrogen-bond donors (Lipinski definition) is 1. The Hall–Kier alpha value is -2.94. The highest BCUT2D eigenvalue weighted by Gasteiger charge is 2.09. The molecule has 2 N–H and O–H groups in total. The lowest BCUT2D eigenvalue weighted by molar-refractivity contribution is -0.0497. The minimum atomic E-state index is -2.99. The molecule has 138 valence electrons. The van der Waals surface area contributed by atoms with Gasteiger partial charge in [0.15, 0.2) is 11.5 Å². The van der Waals surface area contributed by atoms with E-state index in [9.17, 15) is 8.78 Å². The van der Waals surface area contributed by atoms with Crippen LogP contribution in [-0.2, 0) is 0 Å². The van der Waals surface area contributed by atoms with Crippen molar-refractivity contribution in [2.75, 3.05) is 13.7 Å². The highest BCUT2D eigenvalue weighted by atomic mass is 35.5. The fourth-order valence-corrected chi connectivity index (χ4v) is 1.97. The van der Waals surface area contributed by atoms with Gasteiger partial charge in [0, 0.05) is 18.3 Å². The van der Waals surface area contributed by atoms with Crippen molar-refractivity contribution >= 4 is 29.2 Å². The number of methoxy groups -OCH3 is 1. The normalized spacial score (nSPS) is 11.8. The molecule has 0 saturated carbocycles. The molecule has 0 atom stereocenters. The van der Waals surface area contributed by atoms with Crippen LogP contribution >= 0.6 is 11.6 Å². The van der Waals surface area contributed by atoms with E-state index in [2.05, 4.69) is 19.8 Å². The van der Waals surface area contributed by atoms with E-state index in [0.717, 1.165) is 0 Å². The van der Waals surface area contributed by atoms with Gasteiger partial charge in [0.05, 0.1) is 30.2 Å². The van der Waals surface area contributed by atoms with Gasteiger partial charge < -0.3 is 20.1 Å². The average Bonchev–Trinajstić information content (AvgIpc) is 2.64. The van der Waals surface area contributed by atoms with Gasteiger partial charge in [0.1, 0.15) is 18.1 Å². The number of pyridine rings is 1. The zero-order valence-corrected chi connectivity index (χ0v) is 14.4. The van der Waals surface area contributed by atoms with Gasteiger partial charge in [-0.05, 0) is 12.1 Å². The first-order valence-electron chi connectivity index (χ1n) is 7.19. The van der Waals surface area contributed by atoms with Crippen molar-refractivity contribution in [2.24, 2.45) is 15.9 Å². The van der Waals surface area contributed by atoms with Gasteiger partial charge in [-0.1, -0.05) is 11.6 Å². The topological polar surface area (TPSA) is 91.3 Å². The molecule has 0 saturated heterocycles. The lowest BCUT2D eigenvalue weighted by Crippen LogP contribution is -2.15. The second-order valence-corrected chi connectivity index (χ2v) is 5.09. The van der Waals surface area contributed by atoms with Gasteiger partial charge in [-0.2, -0.15) is 13.9 Å². The summed E-state index contributed by atoms with van der Waals surface area (Å²) in [5.41, 5.74) is 0.618. The van der Waals surface area contributed by atoms with Crippen molar-refractivity contribution in [1.82, 2.24) is 4.98 Å². The Balaban J connectivity index is 2.05. The second kappa shape index (κ2) is 9.52. The van der Waals surface area contributed by atoms with E-state index in [1.54, 1.807) is 12.3 Å². The van der Waals surface area contributed by atoms with Crippen LogP contribution in [0.5, 0.6) is 17.2 Å². The van der Waals surface area contributed by atoms with Gasteiger partial charge in [-0.3, -0.25) is 9.98 Å². The third-order valence-electron chi connectivity index (χ3n) is 3.00. The zero-order chi connectivity index (χ0) is 18.9. The Morgan fingerprint density at radius 1 is 1.31 bits per heavy atom. The van der Waals surface area contributed by atoms with Crippen molar-refractivity contribution < 1.29 is 23.0 Å². The Bertz CT molecular complexity index is 803. The molecule has 0 bridgehead atoms. The van der Waals surface area contributed by atoms with Crippen LogP contribution in [0.15, 0.2) is 46.8 Å². The van der Waals surface area contributed by atoms with Crippen LogP contribution < -0.4 is 20.1 Å². The largest absolute Gasteiger partial charge is 0.493 e. The number of benzene rings is 1. The van der Waals surface area contributed by atoms with Crippen molar-refractivity contribution in [3.8, 4) is 17.2 Å². The summed E-state index contributed by atoms with van der Waals surface area (Å²) in [6, 6.07) is 5.82. The quantitative estimate of drug-likeness (QED) is 0.427. The van der Waals surface area contributed by atoms with Gasteiger partial charge in [-0.15, -0.1) is 0 Å². The molecule has 7 nitrogen and oxygen atoms in total. The molecule has 2 aromatic rings. The monoisotopic (exact) mass is 384 g/mol. The van der Waals surface area contributed by atoms with E-state index in [1.165, 1.54) is 37.7 Å². The first-order chi connectivity index (χ1) is 12.5. The summed E-state index contributed by atoms with van der Waals surface area (Å²) in [7, 11) is 1.50. The van der Waals surface area contributed by atoms with E-state index in [4.69, 9.17) is 26.9 Å². The van der Waals surface area contributed by atoms with Crippen molar-refractivity contribution in [3.05, 3.63) is 41.7 Å². The average molecular weight is 385 g/mol. The lowest BCUT2D eigenvalue weighted by Gasteiger charge is -2.09. The molecule has 1 aromatic carbocycles. The second-order valence-electron chi connectivity index (χ2n) is 4.69. The third kappa shape index (κ3) is 5.55. The summed E-state index contributed by atoms with van der Waals surface area (Å²) in [6.07, 6.45) is 4.38. The van der Waals surface area contributed by atoms with E-state index >= 15 is 0 Å². The summed E-state index contributed by atoms with van der Waals surface area (Å²) in [5.74, 6) is 6.04. The van der Waals surface area contributed by atoms with Gasteiger partial charge in [-0.25, -0.2) is 0 Å². The Kier molecular flexibility index (Phi) is 7.10. The van der Waals surface area contributed by atoms with E-state index in [-0.39, 0.29) is 17.4 Å². The van der Waals surface area contributed by atoms with Gasteiger partial charge >= 0.3 is 6.61 Å². The number of hydrogen-bond acceptors (Lipinski definition) is 7. The fourth-order valence-electron chi connectivity index (χ4n) is 1.81. The van der Waals surface area contributed by atoms with Crippen LogP contribution in [0.3, 0.4) is 0 Å². The number of ether oxygens (including phenoxy) is 3. The summed E-state index contributed by atoms with van der Waals surface area (Å²) >= 11 is 5.78. The number of nitrogens with two attached hydrogens (primary N) is 1. The standard InChI is InChI=1S/C16H15ClF2N4O3/c1-24-13-4-5-21-8-15(13)25-9-11(23-20)7-22-10-2-3-12(17)14(6-10)26-16(18)19/h2-8,16H,9,20H2,1H3. The molecule has 0 aliphatic rings. The van der Waals surface area contributed by atoms with E-state index in [1.807, 2.05) is 0 Å². The smallest absolute Gasteiger partial charge is 0.387 e. The number of halogens is 3.